The van der Waals surface area contributed by atoms with E-state index in [9.17, 15) is 18.8 Å². The van der Waals surface area contributed by atoms with Crippen molar-refractivity contribution in [2.24, 2.45) is 0 Å². The van der Waals surface area contributed by atoms with Crippen LogP contribution in [0.25, 0.3) is 0 Å². The largest absolute Gasteiger partial charge is 0.351 e. The maximum Gasteiger partial charge on any atom is 0.258 e. The van der Waals surface area contributed by atoms with Gasteiger partial charge < -0.3 is 15.5 Å². The van der Waals surface area contributed by atoms with E-state index in [-0.39, 0.29) is 17.4 Å². The summed E-state index contributed by atoms with van der Waals surface area (Å²) in [5.74, 6) is -1.61. The number of carbonyl (C=O) groups excluding carboxylic acids is 3. The Morgan fingerprint density at radius 1 is 1.14 bits per heavy atom. The zero-order valence-electron chi connectivity index (χ0n) is 15.9. The molecule has 1 atom stereocenters. The third-order valence-corrected chi connectivity index (χ3v) is 4.75. The van der Waals surface area contributed by atoms with Crippen LogP contribution in [0.3, 0.4) is 0 Å². The van der Waals surface area contributed by atoms with E-state index in [4.69, 9.17) is 0 Å². The highest BCUT2D eigenvalue weighted by atomic mass is 19.1. The van der Waals surface area contributed by atoms with Crippen molar-refractivity contribution < 1.29 is 18.8 Å². The zero-order chi connectivity index (χ0) is 20.8. The van der Waals surface area contributed by atoms with Gasteiger partial charge >= 0.3 is 0 Å². The number of likely N-dealkylation sites (tertiary alicyclic amines) is 1. The van der Waals surface area contributed by atoms with Crippen molar-refractivity contribution >= 4 is 23.4 Å². The predicted octanol–water partition coefficient (Wildman–Crippen LogP) is 2.98. The number of halogens is 1. The van der Waals surface area contributed by atoms with Gasteiger partial charge in [0.15, 0.2) is 0 Å². The molecule has 2 aromatic rings. The normalized spacial score (nSPS) is 15.6. The maximum atomic E-state index is 13.7. The van der Waals surface area contributed by atoms with Gasteiger partial charge in [0.25, 0.3) is 11.8 Å². The fourth-order valence-corrected chi connectivity index (χ4v) is 3.28. The average Bonchev–Trinajstić information content (AvgIpc) is 3.22. The van der Waals surface area contributed by atoms with Gasteiger partial charge in [-0.05, 0) is 49.2 Å². The van der Waals surface area contributed by atoms with Crippen molar-refractivity contribution in [1.29, 1.82) is 0 Å². The van der Waals surface area contributed by atoms with Crippen LogP contribution in [0.4, 0.5) is 10.1 Å². The molecular weight excluding hydrogens is 373 g/mol. The van der Waals surface area contributed by atoms with Crippen molar-refractivity contribution in [2.45, 2.75) is 18.9 Å². The van der Waals surface area contributed by atoms with Crippen LogP contribution in [0, 0.1) is 5.82 Å². The van der Waals surface area contributed by atoms with Gasteiger partial charge in [0.2, 0.25) is 5.91 Å². The molecule has 7 heteroatoms. The summed E-state index contributed by atoms with van der Waals surface area (Å²) in [5, 5.41) is 5.34. The third kappa shape index (κ3) is 4.68. The van der Waals surface area contributed by atoms with E-state index < -0.39 is 17.8 Å². The third-order valence-electron chi connectivity index (χ3n) is 4.75. The predicted molar refractivity (Wildman–Crippen MR) is 108 cm³/mol. The Hall–Kier alpha value is -3.48. The first-order valence-corrected chi connectivity index (χ1v) is 9.37. The van der Waals surface area contributed by atoms with Gasteiger partial charge in [-0.1, -0.05) is 18.2 Å². The summed E-state index contributed by atoms with van der Waals surface area (Å²) in [6, 6.07) is 11.5. The van der Waals surface area contributed by atoms with Gasteiger partial charge in [-0.25, -0.2) is 4.39 Å². The Balaban J connectivity index is 1.67. The van der Waals surface area contributed by atoms with E-state index in [1.54, 1.807) is 41.3 Å². The number of amides is 3. The summed E-state index contributed by atoms with van der Waals surface area (Å²) in [4.78, 5) is 38.8. The molecule has 2 aromatic carbocycles. The maximum absolute atomic E-state index is 13.7. The molecule has 0 aliphatic carbocycles. The number of rotatable bonds is 6. The molecule has 3 rings (SSSR count). The van der Waals surface area contributed by atoms with Gasteiger partial charge in [0, 0.05) is 24.3 Å². The molecule has 1 aliphatic rings. The van der Waals surface area contributed by atoms with E-state index >= 15 is 0 Å². The quantitative estimate of drug-likeness (QED) is 0.738. The van der Waals surface area contributed by atoms with Gasteiger partial charge in [0.05, 0.1) is 5.56 Å². The first kappa shape index (κ1) is 20.3. The second-order valence-corrected chi connectivity index (χ2v) is 6.70. The van der Waals surface area contributed by atoms with Crippen molar-refractivity contribution in [3.8, 4) is 0 Å². The summed E-state index contributed by atoms with van der Waals surface area (Å²) in [7, 11) is 0. The molecule has 1 heterocycles. The molecule has 0 saturated carbocycles. The molecule has 0 aromatic heterocycles. The van der Waals surface area contributed by atoms with E-state index in [1.165, 1.54) is 18.2 Å². The highest BCUT2D eigenvalue weighted by molar-refractivity contribution is 6.05. The van der Waals surface area contributed by atoms with Crippen LogP contribution in [0.1, 0.15) is 33.6 Å². The minimum Gasteiger partial charge on any atom is -0.351 e. The number of nitrogens with zero attached hydrogens (tertiary/aromatic N) is 1. The topological polar surface area (TPSA) is 78.5 Å². The number of hydrogen-bond acceptors (Lipinski definition) is 3. The smallest absolute Gasteiger partial charge is 0.258 e. The highest BCUT2D eigenvalue weighted by Gasteiger charge is 2.34. The summed E-state index contributed by atoms with van der Waals surface area (Å²) < 4.78 is 13.7. The van der Waals surface area contributed by atoms with Crippen molar-refractivity contribution in [2.75, 3.05) is 18.4 Å². The molecule has 1 fully saturated rings. The summed E-state index contributed by atoms with van der Waals surface area (Å²) >= 11 is 0. The monoisotopic (exact) mass is 395 g/mol. The van der Waals surface area contributed by atoms with Crippen molar-refractivity contribution in [3.05, 3.63) is 78.1 Å². The molecule has 150 valence electrons. The molecule has 0 unspecified atom stereocenters. The van der Waals surface area contributed by atoms with Crippen molar-refractivity contribution in [1.82, 2.24) is 10.2 Å². The summed E-state index contributed by atoms with van der Waals surface area (Å²) in [5.41, 5.74) is 0.798. The molecule has 29 heavy (non-hydrogen) atoms. The van der Waals surface area contributed by atoms with Gasteiger partial charge in [0.1, 0.15) is 11.9 Å². The van der Waals surface area contributed by atoms with Crippen LogP contribution >= 0.6 is 0 Å². The summed E-state index contributed by atoms with van der Waals surface area (Å²) in [6.07, 6.45) is 2.97. The fourth-order valence-electron chi connectivity index (χ4n) is 3.28. The van der Waals surface area contributed by atoms with E-state index in [0.29, 0.717) is 30.8 Å². The number of carbonyl (C=O) groups is 3. The molecule has 0 bridgehead atoms. The Labute approximate surface area is 168 Å². The minimum absolute atomic E-state index is 0.0573. The van der Waals surface area contributed by atoms with Crippen molar-refractivity contribution in [3.63, 3.8) is 0 Å². The second kappa shape index (κ2) is 9.14. The molecule has 6 nitrogen and oxygen atoms in total. The Morgan fingerprint density at radius 2 is 1.86 bits per heavy atom. The van der Waals surface area contributed by atoms with Crippen LogP contribution in [0.2, 0.25) is 0 Å². The first-order valence-electron chi connectivity index (χ1n) is 9.37. The molecule has 2 N–H and O–H groups in total. The zero-order valence-corrected chi connectivity index (χ0v) is 15.9. The van der Waals surface area contributed by atoms with Crippen LogP contribution in [0.15, 0.2) is 61.2 Å². The van der Waals surface area contributed by atoms with Gasteiger partial charge in [-0.15, -0.1) is 6.58 Å². The van der Waals surface area contributed by atoms with E-state index in [0.717, 1.165) is 6.42 Å². The first-order chi connectivity index (χ1) is 14.0. The molecule has 1 saturated heterocycles. The van der Waals surface area contributed by atoms with Gasteiger partial charge in [-0.3, -0.25) is 14.4 Å². The number of nitrogens with one attached hydrogen (secondary N) is 2. The average molecular weight is 395 g/mol. The Morgan fingerprint density at radius 3 is 2.55 bits per heavy atom. The van der Waals surface area contributed by atoms with Crippen LogP contribution in [-0.4, -0.2) is 41.8 Å². The standard InChI is InChI=1S/C22H22FN3O3/c1-2-13-24-21(28)19-8-5-14-26(19)22(29)15-9-11-16(12-10-15)25-20(27)17-6-3-4-7-18(17)23/h2-4,6-7,9-12,19H,1,5,8,13-14H2,(H,24,28)(H,25,27)/t19-/m0/s1. The van der Waals surface area contributed by atoms with E-state index in [2.05, 4.69) is 17.2 Å². The molecular formula is C22H22FN3O3. The fraction of sp³-hybridized carbons (Fsp3) is 0.227. The highest BCUT2D eigenvalue weighted by Crippen LogP contribution is 2.21. The lowest BCUT2D eigenvalue weighted by atomic mass is 10.1. The van der Waals surface area contributed by atoms with Crippen LogP contribution in [-0.2, 0) is 4.79 Å². The Kier molecular flexibility index (Phi) is 6.39. The van der Waals surface area contributed by atoms with Crippen LogP contribution in [0.5, 0.6) is 0 Å². The number of hydrogen-bond donors (Lipinski definition) is 2. The lowest BCUT2D eigenvalue weighted by Crippen LogP contribution is -2.46. The van der Waals surface area contributed by atoms with Crippen LogP contribution < -0.4 is 10.6 Å². The second-order valence-electron chi connectivity index (χ2n) is 6.70. The Bertz CT molecular complexity index is 927. The number of anilines is 1. The molecule has 3 amide bonds. The lowest BCUT2D eigenvalue weighted by Gasteiger charge is -2.24. The molecule has 0 radical (unpaired) electrons. The molecule has 1 aliphatic heterocycles. The lowest BCUT2D eigenvalue weighted by molar-refractivity contribution is -0.124. The minimum atomic E-state index is -0.605. The molecule has 0 spiro atoms. The SMILES string of the molecule is C=CCNC(=O)[C@@H]1CCCN1C(=O)c1ccc(NC(=O)c2ccccc2F)cc1. The van der Waals surface area contributed by atoms with E-state index in [1.807, 2.05) is 0 Å². The van der Waals surface area contributed by atoms with Gasteiger partial charge in [-0.2, -0.15) is 0 Å². The number of benzene rings is 2. The summed E-state index contributed by atoms with van der Waals surface area (Å²) in [6.45, 7) is 4.43.